The zero-order chi connectivity index (χ0) is 23.3. The van der Waals surface area contributed by atoms with Crippen LogP contribution in [-0.2, 0) is 14.4 Å². The minimum atomic E-state index is -0.736. The SMILES string of the molecule is CO/N=C1\CC(C(=O)NCCC(N)=O)N(C(=O)c2ccc(-c3ccccc3C)cc2C)C1. The standard InChI is InChI=1S/C24H28N4O4/c1-15-6-4-5-7-19(15)17-8-9-20(16(2)12-17)24(31)28-14-18(27-32-3)13-21(28)23(30)26-11-10-22(25)29/h4-9,12,21H,10-11,13-14H2,1-3H3,(H2,25,29)(H,26,30)/b27-18+. The number of nitrogens with one attached hydrogen (secondary N) is 1. The lowest BCUT2D eigenvalue weighted by molar-refractivity contribution is -0.125. The van der Waals surface area contributed by atoms with Crippen molar-refractivity contribution in [3.05, 3.63) is 59.2 Å². The molecular formula is C24H28N4O4. The lowest BCUT2D eigenvalue weighted by atomic mass is 9.96. The van der Waals surface area contributed by atoms with E-state index >= 15 is 0 Å². The smallest absolute Gasteiger partial charge is 0.255 e. The number of amides is 3. The van der Waals surface area contributed by atoms with Gasteiger partial charge >= 0.3 is 0 Å². The summed E-state index contributed by atoms with van der Waals surface area (Å²) >= 11 is 0. The van der Waals surface area contributed by atoms with Crippen molar-refractivity contribution in [2.75, 3.05) is 20.2 Å². The van der Waals surface area contributed by atoms with Gasteiger partial charge in [-0.1, -0.05) is 41.6 Å². The van der Waals surface area contributed by atoms with E-state index in [2.05, 4.69) is 10.5 Å². The van der Waals surface area contributed by atoms with Crippen molar-refractivity contribution in [3.63, 3.8) is 0 Å². The van der Waals surface area contributed by atoms with E-state index in [4.69, 9.17) is 10.6 Å². The summed E-state index contributed by atoms with van der Waals surface area (Å²) < 4.78 is 0. The van der Waals surface area contributed by atoms with E-state index in [1.807, 2.05) is 50.2 Å². The van der Waals surface area contributed by atoms with E-state index < -0.39 is 11.9 Å². The molecule has 1 heterocycles. The van der Waals surface area contributed by atoms with Gasteiger partial charge in [-0.05, 0) is 42.2 Å². The summed E-state index contributed by atoms with van der Waals surface area (Å²) in [5.74, 6) is -1.11. The summed E-state index contributed by atoms with van der Waals surface area (Å²) in [6, 6.07) is 13.0. The number of likely N-dealkylation sites (tertiary alicyclic amines) is 1. The number of nitrogens with zero attached hydrogens (tertiary/aromatic N) is 2. The lowest BCUT2D eigenvalue weighted by Crippen LogP contribution is -2.46. The van der Waals surface area contributed by atoms with Crippen molar-refractivity contribution in [3.8, 4) is 11.1 Å². The molecule has 8 nitrogen and oxygen atoms in total. The summed E-state index contributed by atoms with van der Waals surface area (Å²) in [4.78, 5) is 43.4. The van der Waals surface area contributed by atoms with Crippen LogP contribution in [0.15, 0.2) is 47.6 Å². The number of hydrogen-bond acceptors (Lipinski definition) is 5. The van der Waals surface area contributed by atoms with E-state index in [-0.39, 0.29) is 37.7 Å². The Hall–Kier alpha value is -3.68. The number of carbonyl (C=O) groups is 3. The lowest BCUT2D eigenvalue weighted by Gasteiger charge is -2.24. The molecule has 1 fully saturated rings. The zero-order valence-corrected chi connectivity index (χ0v) is 18.6. The van der Waals surface area contributed by atoms with Gasteiger partial charge in [0.2, 0.25) is 11.8 Å². The van der Waals surface area contributed by atoms with E-state index in [0.29, 0.717) is 11.3 Å². The van der Waals surface area contributed by atoms with Crippen LogP contribution in [-0.4, -0.2) is 54.6 Å². The second-order valence-corrected chi connectivity index (χ2v) is 7.85. The summed E-state index contributed by atoms with van der Waals surface area (Å²) in [5, 5.41) is 6.62. The molecule has 168 valence electrons. The Labute approximate surface area is 187 Å². The molecule has 32 heavy (non-hydrogen) atoms. The molecule has 2 aromatic carbocycles. The third-order valence-corrected chi connectivity index (χ3v) is 5.53. The van der Waals surface area contributed by atoms with Gasteiger partial charge in [0.25, 0.3) is 5.91 Å². The van der Waals surface area contributed by atoms with Crippen molar-refractivity contribution in [2.45, 2.75) is 32.7 Å². The molecule has 3 N–H and O–H groups in total. The van der Waals surface area contributed by atoms with Crippen LogP contribution in [0, 0.1) is 13.8 Å². The highest BCUT2D eigenvalue weighted by atomic mass is 16.6. The number of primary amides is 1. The molecule has 0 aliphatic carbocycles. The van der Waals surface area contributed by atoms with Gasteiger partial charge in [-0.15, -0.1) is 0 Å². The van der Waals surface area contributed by atoms with Crippen molar-refractivity contribution >= 4 is 23.4 Å². The summed E-state index contributed by atoms with van der Waals surface area (Å²) in [5.41, 5.74) is 10.4. The molecule has 1 unspecified atom stereocenters. The summed E-state index contributed by atoms with van der Waals surface area (Å²) in [6.07, 6.45) is 0.299. The Bertz CT molecular complexity index is 1060. The van der Waals surface area contributed by atoms with Crippen LogP contribution in [0.4, 0.5) is 0 Å². The first kappa shape index (κ1) is 23.0. The molecule has 2 aromatic rings. The number of carbonyl (C=O) groups excluding carboxylic acids is 3. The largest absolute Gasteiger partial charge is 0.399 e. The molecule has 1 aliphatic heterocycles. The molecule has 0 bridgehead atoms. The van der Waals surface area contributed by atoms with E-state index in [9.17, 15) is 14.4 Å². The van der Waals surface area contributed by atoms with Crippen LogP contribution in [0.3, 0.4) is 0 Å². The molecule has 8 heteroatoms. The average Bonchev–Trinajstić information content (AvgIpc) is 3.17. The van der Waals surface area contributed by atoms with Crippen LogP contribution >= 0.6 is 0 Å². The average molecular weight is 437 g/mol. The fourth-order valence-electron chi connectivity index (χ4n) is 3.90. The molecule has 3 amide bonds. The van der Waals surface area contributed by atoms with Gasteiger partial charge < -0.3 is 20.8 Å². The van der Waals surface area contributed by atoms with Gasteiger partial charge in [0.1, 0.15) is 13.2 Å². The molecule has 0 saturated carbocycles. The van der Waals surface area contributed by atoms with Crippen LogP contribution in [0.1, 0.15) is 34.3 Å². The fraction of sp³-hybridized carbons (Fsp3) is 0.333. The highest BCUT2D eigenvalue weighted by molar-refractivity contribution is 6.06. The topological polar surface area (TPSA) is 114 Å². The number of nitrogens with two attached hydrogens (primary N) is 1. The molecule has 0 radical (unpaired) electrons. The highest BCUT2D eigenvalue weighted by Crippen LogP contribution is 2.27. The number of oxime groups is 1. The Balaban J connectivity index is 1.84. The minimum absolute atomic E-state index is 0.0326. The maximum atomic E-state index is 13.4. The van der Waals surface area contributed by atoms with Gasteiger partial charge in [-0.2, -0.15) is 0 Å². The molecule has 0 spiro atoms. The monoisotopic (exact) mass is 436 g/mol. The van der Waals surface area contributed by atoms with Gasteiger partial charge in [-0.3, -0.25) is 14.4 Å². The number of rotatable bonds is 7. The Morgan fingerprint density at radius 3 is 2.56 bits per heavy atom. The molecule has 1 saturated heterocycles. The Kier molecular flexibility index (Phi) is 7.25. The number of aryl methyl sites for hydroxylation is 2. The third kappa shape index (κ3) is 5.14. The first-order valence-electron chi connectivity index (χ1n) is 10.4. The van der Waals surface area contributed by atoms with Crippen molar-refractivity contribution in [1.29, 1.82) is 0 Å². The van der Waals surface area contributed by atoms with Gasteiger partial charge in [-0.25, -0.2) is 0 Å². The van der Waals surface area contributed by atoms with Crippen molar-refractivity contribution < 1.29 is 19.2 Å². The number of benzene rings is 2. The second kappa shape index (κ2) is 10.1. The molecular weight excluding hydrogens is 408 g/mol. The van der Waals surface area contributed by atoms with Crippen LogP contribution in [0.2, 0.25) is 0 Å². The summed E-state index contributed by atoms with van der Waals surface area (Å²) in [6.45, 7) is 4.25. The fourth-order valence-corrected chi connectivity index (χ4v) is 3.90. The first-order chi connectivity index (χ1) is 15.3. The molecule has 1 aliphatic rings. The Morgan fingerprint density at radius 2 is 1.91 bits per heavy atom. The quantitative estimate of drug-likeness (QED) is 0.648. The van der Waals surface area contributed by atoms with Crippen LogP contribution < -0.4 is 11.1 Å². The zero-order valence-electron chi connectivity index (χ0n) is 18.6. The van der Waals surface area contributed by atoms with E-state index in [0.717, 1.165) is 22.3 Å². The van der Waals surface area contributed by atoms with Gasteiger partial charge in [0.15, 0.2) is 0 Å². The third-order valence-electron chi connectivity index (χ3n) is 5.53. The van der Waals surface area contributed by atoms with E-state index in [1.54, 1.807) is 6.07 Å². The van der Waals surface area contributed by atoms with E-state index in [1.165, 1.54) is 12.0 Å². The van der Waals surface area contributed by atoms with Crippen molar-refractivity contribution in [2.24, 2.45) is 10.9 Å². The summed E-state index contributed by atoms with van der Waals surface area (Å²) in [7, 11) is 1.42. The van der Waals surface area contributed by atoms with Crippen molar-refractivity contribution in [1.82, 2.24) is 10.2 Å². The molecule has 1 atom stereocenters. The molecule has 3 rings (SSSR count). The Morgan fingerprint density at radius 1 is 1.16 bits per heavy atom. The van der Waals surface area contributed by atoms with Gasteiger partial charge in [0.05, 0.1) is 12.3 Å². The normalized spacial score (nSPS) is 16.8. The maximum Gasteiger partial charge on any atom is 0.255 e. The van der Waals surface area contributed by atoms with Crippen LogP contribution in [0.25, 0.3) is 11.1 Å². The number of hydrogen-bond donors (Lipinski definition) is 2. The van der Waals surface area contributed by atoms with Crippen LogP contribution in [0.5, 0.6) is 0 Å². The minimum Gasteiger partial charge on any atom is -0.399 e. The van der Waals surface area contributed by atoms with Gasteiger partial charge in [0, 0.05) is 24.9 Å². The second-order valence-electron chi connectivity index (χ2n) is 7.85. The first-order valence-corrected chi connectivity index (χ1v) is 10.4. The predicted molar refractivity (Wildman–Crippen MR) is 122 cm³/mol. The predicted octanol–water partition coefficient (Wildman–Crippen LogP) is 2.18. The maximum absolute atomic E-state index is 13.4. The highest BCUT2D eigenvalue weighted by Gasteiger charge is 2.38. The molecule has 0 aromatic heterocycles.